The van der Waals surface area contributed by atoms with Gasteiger partial charge in [0, 0.05) is 18.7 Å². The van der Waals surface area contributed by atoms with E-state index >= 15 is 0 Å². The van der Waals surface area contributed by atoms with Crippen LogP contribution in [0.5, 0.6) is 0 Å². The van der Waals surface area contributed by atoms with Crippen molar-refractivity contribution >= 4 is 44.7 Å². The van der Waals surface area contributed by atoms with Crippen LogP contribution in [-0.4, -0.2) is 17.4 Å². The minimum absolute atomic E-state index is 0.159. The number of anilines is 1. The van der Waals surface area contributed by atoms with Crippen LogP contribution in [0.4, 0.5) is 5.69 Å². The number of carbonyl (C=O) groups excluding carboxylic acids is 1. The van der Waals surface area contributed by atoms with Gasteiger partial charge in [0.25, 0.3) is 5.91 Å². The van der Waals surface area contributed by atoms with Gasteiger partial charge in [0.05, 0.1) is 16.8 Å². The van der Waals surface area contributed by atoms with Gasteiger partial charge in [-0.1, -0.05) is 30.4 Å². The number of nitrogens with two attached hydrogens (primary N) is 1. The highest BCUT2D eigenvalue weighted by atomic mass is 79.9. The summed E-state index contributed by atoms with van der Waals surface area (Å²) in [6.45, 7) is 0.426. The molecule has 0 unspecified atom stereocenters. The predicted octanol–water partition coefficient (Wildman–Crippen LogP) is 3.37. The summed E-state index contributed by atoms with van der Waals surface area (Å²) in [4.78, 5) is 14.6. The average Bonchev–Trinajstić information content (AvgIpc) is 2.86. The van der Waals surface area contributed by atoms with Crippen LogP contribution in [-0.2, 0) is 0 Å². The third-order valence-corrected chi connectivity index (χ3v) is 3.56. The van der Waals surface area contributed by atoms with Crippen LogP contribution in [0, 0.1) is 0 Å². The summed E-state index contributed by atoms with van der Waals surface area (Å²) in [5.74, 6) is -0.159. The SMILES string of the molecule is NC(=S)CCN(C(=O)c1ccoc1Br)c1ccccc1. The predicted molar refractivity (Wildman–Crippen MR) is 85.9 cm³/mol. The van der Waals surface area contributed by atoms with E-state index in [9.17, 15) is 4.79 Å². The summed E-state index contributed by atoms with van der Waals surface area (Å²) < 4.78 is 5.53. The Kier molecular flexibility index (Phi) is 4.92. The third-order valence-electron chi connectivity index (χ3n) is 2.74. The van der Waals surface area contributed by atoms with E-state index in [2.05, 4.69) is 15.9 Å². The van der Waals surface area contributed by atoms with Gasteiger partial charge >= 0.3 is 0 Å². The first-order valence-electron chi connectivity index (χ1n) is 5.98. The second-order valence-corrected chi connectivity index (χ2v) is 5.36. The molecule has 1 amide bonds. The lowest BCUT2D eigenvalue weighted by molar-refractivity contribution is 0.0986. The van der Waals surface area contributed by atoms with Crippen molar-refractivity contribution in [3.05, 3.63) is 52.9 Å². The lowest BCUT2D eigenvalue weighted by Crippen LogP contribution is -2.33. The van der Waals surface area contributed by atoms with Crippen molar-refractivity contribution in [2.45, 2.75) is 6.42 Å². The zero-order valence-corrected chi connectivity index (χ0v) is 13.0. The highest BCUT2D eigenvalue weighted by Gasteiger charge is 2.21. The zero-order valence-electron chi connectivity index (χ0n) is 10.6. The van der Waals surface area contributed by atoms with Gasteiger partial charge in [0.2, 0.25) is 0 Å². The number of carbonyl (C=O) groups is 1. The van der Waals surface area contributed by atoms with Gasteiger partial charge in [-0.2, -0.15) is 0 Å². The van der Waals surface area contributed by atoms with Crippen molar-refractivity contribution in [3.8, 4) is 0 Å². The maximum atomic E-state index is 12.6. The molecule has 0 fully saturated rings. The van der Waals surface area contributed by atoms with Crippen LogP contribution in [0.1, 0.15) is 16.8 Å². The molecule has 0 saturated carbocycles. The molecule has 0 radical (unpaired) electrons. The number of furan rings is 1. The van der Waals surface area contributed by atoms with E-state index in [4.69, 9.17) is 22.4 Å². The highest BCUT2D eigenvalue weighted by Crippen LogP contribution is 2.23. The first-order chi connectivity index (χ1) is 9.59. The molecule has 0 atom stereocenters. The van der Waals surface area contributed by atoms with E-state index in [-0.39, 0.29) is 5.91 Å². The van der Waals surface area contributed by atoms with Crippen LogP contribution in [0.25, 0.3) is 0 Å². The first-order valence-corrected chi connectivity index (χ1v) is 7.18. The zero-order chi connectivity index (χ0) is 14.5. The standard InChI is InChI=1S/C14H13BrN2O2S/c15-13-11(7-9-19-13)14(18)17(8-6-12(16)20)10-4-2-1-3-5-10/h1-5,7,9H,6,8H2,(H2,16,20). The molecular weight excluding hydrogens is 340 g/mol. The number of hydrogen-bond donors (Lipinski definition) is 1. The van der Waals surface area contributed by atoms with Gasteiger partial charge in [-0.15, -0.1) is 0 Å². The lowest BCUT2D eigenvalue weighted by atomic mass is 10.2. The molecule has 1 aromatic carbocycles. The Labute approximate surface area is 130 Å². The van der Waals surface area contributed by atoms with Gasteiger partial charge in [0.15, 0.2) is 4.67 Å². The van der Waals surface area contributed by atoms with E-state index in [0.29, 0.717) is 28.2 Å². The quantitative estimate of drug-likeness (QED) is 0.838. The molecule has 0 aliphatic carbocycles. The summed E-state index contributed by atoms with van der Waals surface area (Å²) in [5, 5.41) is 0. The molecule has 2 aromatic rings. The molecule has 0 bridgehead atoms. The lowest BCUT2D eigenvalue weighted by Gasteiger charge is -2.22. The topological polar surface area (TPSA) is 59.5 Å². The maximum Gasteiger partial charge on any atom is 0.262 e. The Morgan fingerprint density at radius 2 is 2.00 bits per heavy atom. The van der Waals surface area contributed by atoms with Crippen molar-refractivity contribution in [2.24, 2.45) is 5.73 Å². The van der Waals surface area contributed by atoms with Gasteiger partial charge in [-0.3, -0.25) is 4.79 Å². The van der Waals surface area contributed by atoms with Crippen molar-refractivity contribution in [1.29, 1.82) is 0 Å². The molecule has 0 spiro atoms. The van der Waals surface area contributed by atoms with E-state index in [1.54, 1.807) is 11.0 Å². The molecule has 1 heterocycles. The molecule has 2 N–H and O–H groups in total. The molecular formula is C14H13BrN2O2S. The molecule has 2 rings (SSSR count). The number of halogens is 1. The van der Waals surface area contributed by atoms with Crippen LogP contribution in [0.3, 0.4) is 0 Å². The third kappa shape index (κ3) is 3.46. The van der Waals surface area contributed by atoms with E-state index in [1.165, 1.54) is 6.26 Å². The van der Waals surface area contributed by atoms with Crippen LogP contribution in [0.15, 0.2) is 51.7 Å². The van der Waals surface area contributed by atoms with Crippen molar-refractivity contribution in [1.82, 2.24) is 0 Å². The fourth-order valence-corrected chi connectivity index (χ4v) is 2.27. The number of hydrogen-bond acceptors (Lipinski definition) is 3. The van der Waals surface area contributed by atoms with Crippen molar-refractivity contribution < 1.29 is 9.21 Å². The number of para-hydroxylation sites is 1. The molecule has 1 aromatic heterocycles. The van der Waals surface area contributed by atoms with Crippen molar-refractivity contribution in [3.63, 3.8) is 0 Å². The van der Waals surface area contributed by atoms with Crippen molar-refractivity contribution in [2.75, 3.05) is 11.4 Å². The molecule has 104 valence electrons. The molecule has 20 heavy (non-hydrogen) atoms. The largest absolute Gasteiger partial charge is 0.457 e. The molecule has 0 aliphatic heterocycles. The number of benzene rings is 1. The Hall–Kier alpha value is -1.66. The van der Waals surface area contributed by atoms with Gasteiger partial charge in [-0.25, -0.2) is 0 Å². The Morgan fingerprint density at radius 1 is 1.30 bits per heavy atom. The molecule has 4 nitrogen and oxygen atoms in total. The van der Waals surface area contributed by atoms with E-state index in [1.807, 2.05) is 30.3 Å². The summed E-state index contributed by atoms with van der Waals surface area (Å²) in [6.07, 6.45) is 1.93. The smallest absolute Gasteiger partial charge is 0.262 e. The number of rotatable bonds is 5. The normalized spacial score (nSPS) is 10.2. The molecule has 6 heteroatoms. The Bertz CT molecular complexity index is 613. The van der Waals surface area contributed by atoms with E-state index in [0.717, 1.165) is 5.69 Å². The maximum absolute atomic E-state index is 12.6. The average molecular weight is 353 g/mol. The first kappa shape index (κ1) is 14.7. The second kappa shape index (κ2) is 6.67. The van der Waals surface area contributed by atoms with Gasteiger partial charge in [0.1, 0.15) is 0 Å². The van der Waals surface area contributed by atoms with E-state index < -0.39 is 0 Å². The summed E-state index contributed by atoms with van der Waals surface area (Å²) in [7, 11) is 0. The number of amides is 1. The number of nitrogens with zero attached hydrogens (tertiary/aromatic N) is 1. The fourth-order valence-electron chi connectivity index (χ4n) is 1.77. The Balaban J connectivity index is 2.29. The fraction of sp³-hybridized carbons (Fsp3) is 0.143. The number of thiocarbonyl (C=S) groups is 1. The summed E-state index contributed by atoms with van der Waals surface area (Å²) >= 11 is 8.11. The molecule has 0 saturated heterocycles. The monoisotopic (exact) mass is 352 g/mol. The van der Waals surface area contributed by atoms with Crippen LogP contribution < -0.4 is 10.6 Å². The second-order valence-electron chi connectivity index (χ2n) is 4.12. The van der Waals surface area contributed by atoms with Crippen LogP contribution >= 0.6 is 28.1 Å². The van der Waals surface area contributed by atoms with Crippen LogP contribution in [0.2, 0.25) is 0 Å². The van der Waals surface area contributed by atoms with Gasteiger partial charge < -0.3 is 15.1 Å². The minimum atomic E-state index is -0.159. The van der Waals surface area contributed by atoms with Gasteiger partial charge in [-0.05, 0) is 34.1 Å². The minimum Gasteiger partial charge on any atom is -0.457 e. The summed E-state index contributed by atoms with van der Waals surface area (Å²) in [6, 6.07) is 11.0. The summed E-state index contributed by atoms with van der Waals surface area (Å²) in [5.41, 5.74) is 6.80. The Morgan fingerprint density at radius 3 is 2.55 bits per heavy atom. The molecule has 0 aliphatic rings. The highest BCUT2D eigenvalue weighted by molar-refractivity contribution is 9.10.